The maximum absolute atomic E-state index is 4.98. The van der Waals surface area contributed by atoms with Crippen molar-refractivity contribution in [2.24, 2.45) is 0 Å². The molecule has 1 aliphatic carbocycles. The topological polar surface area (TPSA) is 9.23 Å². The molecule has 2 bridgehead atoms. The molecule has 0 saturated heterocycles. The third-order valence-electron chi connectivity index (χ3n) is 1.27. The van der Waals surface area contributed by atoms with Crippen LogP contribution < -0.4 is 0 Å². The number of hydrogen-bond donors (Lipinski definition) is 0. The molecule has 1 radical (unpaired) electrons. The third-order valence-corrected chi connectivity index (χ3v) is 1.27. The fourth-order valence-electron chi connectivity index (χ4n) is 0.884. The van der Waals surface area contributed by atoms with Crippen LogP contribution in [0.15, 0.2) is 17.7 Å². The minimum Gasteiger partial charge on any atom is -0.482 e. The summed E-state index contributed by atoms with van der Waals surface area (Å²) >= 11 is 0. The molecule has 2 rings (SSSR count). The molecule has 1 heterocycles. The van der Waals surface area contributed by atoms with Crippen molar-refractivity contribution >= 4 is 0 Å². The maximum atomic E-state index is 4.98. The first-order chi connectivity index (χ1) is 3.45. The molecule has 0 spiro atoms. The van der Waals surface area contributed by atoms with Gasteiger partial charge in [0, 0.05) is 12.0 Å². The quantitative estimate of drug-likeness (QED) is 0.434. The van der Waals surface area contributed by atoms with Crippen molar-refractivity contribution in [3.05, 3.63) is 24.0 Å². The van der Waals surface area contributed by atoms with E-state index in [4.69, 9.17) is 4.74 Å². The molecule has 0 aromatic heterocycles. The van der Waals surface area contributed by atoms with Crippen molar-refractivity contribution in [1.29, 1.82) is 0 Å². The van der Waals surface area contributed by atoms with E-state index >= 15 is 0 Å². The second kappa shape index (κ2) is 0.915. The van der Waals surface area contributed by atoms with Crippen molar-refractivity contribution in [3.63, 3.8) is 0 Å². The maximum Gasteiger partial charge on any atom is 0.165 e. The van der Waals surface area contributed by atoms with E-state index in [0.717, 1.165) is 6.42 Å². The second-order valence-corrected chi connectivity index (χ2v) is 1.85. The van der Waals surface area contributed by atoms with Gasteiger partial charge in [0.15, 0.2) is 6.26 Å². The molecule has 1 heteroatoms. The smallest absolute Gasteiger partial charge is 0.165 e. The summed E-state index contributed by atoms with van der Waals surface area (Å²) < 4.78 is 4.98. The normalized spacial score (nSPS) is 33.1. The van der Waals surface area contributed by atoms with E-state index in [0.29, 0.717) is 6.10 Å². The lowest BCUT2D eigenvalue weighted by molar-refractivity contribution is 0.197. The summed E-state index contributed by atoms with van der Waals surface area (Å²) in [6, 6.07) is 0. The van der Waals surface area contributed by atoms with Gasteiger partial charge in [-0.2, -0.15) is 0 Å². The molecular weight excluding hydrogens is 88.1 g/mol. The van der Waals surface area contributed by atoms with Crippen LogP contribution in [0.5, 0.6) is 0 Å². The Labute approximate surface area is 42.3 Å². The van der Waals surface area contributed by atoms with Crippen LogP contribution in [0.4, 0.5) is 0 Å². The zero-order valence-corrected chi connectivity index (χ0v) is 3.85. The molecule has 0 amide bonds. The first-order valence-electron chi connectivity index (χ1n) is 2.41. The van der Waals surface area contributed by atoms with E-state index in [2.05, 4.69) is 18.4 Å². The van der Waals surface area contributed by atoms with Gasteiger partial charge in [-0.15, -0.1) is 0 Å². The number of hydrogen-bond acceptors (Lipinski definition) is 1. The average molecular weight is 93.1 g/mol. The van der Waals surface area contributed by atoms with Crippen LogP contribution in [0.25, 0.3) is 0 Å². The van der Waals surface area contributed by atoms with Crippen molar-refractivity contribution in [3.8, 4) is 0 Å². The molecule has 0 N–H and O–H groups in total. The largest absolute Gasteiger partial charge is 0.482 e. The monoisotopic (exact) mass is 93.0 g/mol. The van der Waals surface area contributed by atoms with Gasteiger partial charge < -0.3 is 4.74 Å². The van der Waals surface area contributed by atoms with Gasteiger partial charge in [0.1, 0.15) is 6.10 Å². The Morgan fingerprint density at radius 3 is 3.00 bits per heavy atom. The summed E-state index contributed by atoms with van der Waals surface area (Å²) in [5.41, 5.74) is 1.21. The average Bonchev–Trinajstić information content (AvgIpc) is 2.22. The minimum absolute atomic E-state index is 0.343. The van der Waals surface area contributed by atoms with Crippen LogP contribution in [0.1, 0.15) is 6.42 Å². The lowest BCUT2D eigenvalue weighted by atomic mass is 10.3. The van der Waals surface area contributed by atoms with E-state index < -0.39 is 0 Å². The molecular formula is C6H5O. The minimum atomic E-state index is 0.343. The predicted octanol–water partition coefficient (Wildman–Crippen LogP) is 1.03. The summed E-state index contributed by atoms with van der Waals surface area (Å²) in [5.74, 6) is 0. The number of fused-ring (bicyclic) bond motifs is 2. The number of ether oxygens (including phenoxy) is 1. The predicted molar refractivity (Wildman–Crippen MR) is 25.4 cm³/mol. The Balaban J connectivity index is 2.45. The Morgan fingerprint density at radius 1 is 1.86 bits per heavy atom. The summed E-state index contributed by atoms with van der Waals surface area (Å²) in [6.45, 7) is 0. The van der Waals surface area contributed by atoms with Crippen LogP contribution >= 0.6 is 0 Å². The Bertz CT molecular complexity index is 144. The van der Waals surface area contributed by atoms with Crippen LogP contribution in [0, 0.1) is 6.26 Å². The lowest BCUT2D eigenvalue weighted by Crippen LogP contribution is -1.94. The molecule has 7 heavy (non-hydrogen) atoms. The van der Waals surface area contributed by atoms with Crippen LogP contribution in [-0.4, -0.2) is 6.10 Å². The lowest BCUT2D eigenvalue weighted by Gasteiger charge is -1.97. The van der Waals surface area contributed by atoms with Gasteiger partial charge in [0.25, 0.3) is 0 Å². The molecule has 2 aliphatic rings. The molecule has 0 fully saturated rings. The molecule has 0 aromatic rings. The van der Waals surface area contributed by atoms with Crippen molar-refractivity contribution in [1.82, 2.24) is 0 Å². The van der Waals surface area contributed by atoms with Crippen molar-refractivity contribution in [2.45, 2.75) is 12.5 Å². The van der Waals surface area contributed by atoms with Gasteiger partial charge >= 0.3 is 0 Å². The highest BCUT2D eigenvalue weighted by Crippen LogP contribution is 2.25. The summed E-state index contributed by atoms with van der Waals surface area (Å²) in [5, 5.41) is 0. The number of rotatable bonds is 0. The number of allylic oxidation sites excluding steroid dienone is 1. The first kappa shape index (κ1) is 3.30. The Hall–Kier alpha value is -0.720. The summed E-state index contributed by atoms with van der Waals surface area (Å²) in [4.78, 5) is 0. The van der Waals surface area contributed by atoms with E-state index in [1.54, 1.807) is 0 Å². The third kappa shape index (κ3) is 0.322. The fraction of sp³-hybridized carbons (Fsp3) is 0.333. The Kier molecular flexibility index (Phi) is 0.432. The van der Waals surface area contributed by atoms with E-state index in [1.807, 2.05) is 0 Å². The van der Waals surface area contributed by atoms with Gasteiger partial charge in [0.2, 0.25) is 0 Å². The summed E-state index contributed by atoms with van der Waals surface area (Å²) in [7, 11) is 0. The standard InChI is InChI=1S/C6H5O/c1-2-6-3-5(1)4-7-6/h1-2,6H,3H2. The fourth-order valence-corrected chi connectivity index (χ4v) is 0.884. The zero-order valence-electron chi connectivity index (χ0n) is 3.85. The molecule has 1 nitrogen and oxygen atoms in total. The van der Waals surface area contributed by atoms with Crippen molar-refractivity contribution < 1.29 is 4.74 Å². The SMILES string of the molecule is [C]1=C2C=CC(C2)O1. The van der Waals surface area contributed by atoms with Crippen molar-refractivity contribution in [2.75, 3.05) is 0 Å². The van der Waals surface area contributed by atoms with E-state index in [1.165, 1.54) is 5.57 Å². The van der Waals surface area contributed by atoms with Crippen LogP contribution in [-0.2, 0) is 4.74 Å². The van der Waals surface area contributed by atoms with Crippen LogP contribution in [0.3, 0.4) is 0 Å². The van der Waals surface area contributed by atoms with Gasteiger partial charge in [-0.3, -0.25) is 0 Å². The molecule has 1 aliphatic heterocycles. The molecule has 0 saturated carbocycles. The summed E-state index contributed by atoms with van der Waals surface area (Å²) in [6.07, 6.45) is 8.31. The zero-order chi connectivity index (χ0) is 4.69. The van der Waals surface area contributed by atoms with Gasteiger partial charge in [-0.1, -0.05) is 6.08 Å². The molecule has 1 atom stereocenters. The van der Waals surface area contributed by atoms with E-state index in [-0.39, 0.29) is 0 Å². The van der Waals surface area contributed by atoms with Crippen LogP contribution in [0.2, 0.25) is 0 Å². The molecule has 35 valence electrons. The Morgan fingerprint density at radius 2 is 2.86 bits per heavy atom. The second-order valence-electron chi connectivity index (χ2n) is 1.85. The van der Waals surface area contributed by atoms with Gasteiger partial charge in [-0.25, -0.2) is 0 Å². The molecule has 1 unspecified atom stereocenters. The van der Waals surface area contributed by atoms with Gasteiger partial charge in [0.05, 0.1) is 0 Å². The molecule has 0 aromatic carbocycles. The highest BCUT2D eigenvalue weighted by atomic mass is 16.5. The highest BCUT2D eigenvalue weighted by molar-refractivity contribution is 5.27. The van der Waals surface area contributed by atoms with E-state index in [9.17, 15) is 0 Å². The highest BCUT2D eigenvalue weighted by Gasteiger charge is 2.19. The first-order valence-corrected chi connectivity index (χ1v) is 2.41. The van der Waals surface area contributed by atoms with Gasteiger partial charge in [-0.05, 0) is 6.08 Å².